The van der Waals surface area contributed by atoms with Crippen molar-refractivity contribution in [3.8, 4) is 0 Å². The highest BCUT2D eigenvalue weighted by Crippen LogP contribution is 2.31. The Balaban J connectivity index is 2.66. The van der Waals surface area contributed by atoms with Gasteiger partial charge in [-0.05, 0) is 28.1 Å². The third kappa shape index (κ3) is 1.50. The van der Waals surface area contributed by atoms with E-state index in [1.54, 1.807) is 0 Å². The van der Waals surface area contributed by atoms with Crippen LogP contribution in [-0.2, 0) is 6.18 Å². The van der Waals surface area contributed by atoms with Crippen molar-refractivity contribution in [2.24, 2.45) is 0 Å². The molecule has 0 unspecified atom stereocenters. The maximum Gasteiger partial charge on any atom is 0.416 e. The van der Waals surface area contributed by atoms with Gasteiger partial charge in [0.05, 0.1) is 21.7 Å². The molecule has 2 aromatic rings. The van der Waals surface area contributed by atoms with Crippen molar-refractivity contribution in [2.45, 2.75) is 6.18 Å². The van der Waals surface area contributed by atoms with Crippen LogP contribution < -0.4 is 0 Å². The molecule has 0 amide bonds. The first-order chi connectivity index (χ1) is 6.48. The Kier molecular flexibility index (Phi) is 2.02. The fraction of sp³-hybridized carbons (Fsp3) is 0.125. The highest BCUT2D eigenvalue weighted by atomic mass is 79.9. The Labute approximate surface area is 85.5 Å². The number of aromatic nitrogens is 2. The third-order valence-corrected chi connectivity index (χ3v) is 2.41. The summed E-state index contributed by atoms with van der Waals surface area (Å²) in [5, 5.41) is 3.84. The summed E-state index contributed by atoms with van der Waals surface area (Å²) < 4.78 is 38.8. The highest BCUT2D eigenvalue weighted by molar-refractivity contribution is 9.10. The second-order valence-electron chi connectivity index (χ2n) is 2.74. The van der Waals surface area contributed by atoms with E-state index >= 15 is 0 Å². The first kappa shape index (κ1) is 9.51. The summed E-state index contributed by atoms with van der Waals surface area (Å²) in [6.07, 6.45) is -1.58. The molecule has 2 aromatic heterocycles. The molecule has 0 bridgehead atoms. The zero-order valence-corrected chi connectivity index (χ0v) is 8.30. The van der Waals surface area contributed by atoms with Gasteiger partial charge in [0.1, 0.15) is 0 Å². The van der Waals surface area contributed by atoms with Crippen molar-refractivity contribution in [3.63, 3.8) is 0 Å². The lowest BCUT2D eigenvalue weighted by molar-refractivity contribution is -0.137. The van der Waals surface area contributed by atoms with Gasteiger partial charge >= 0.3 is 6.18 Å². The zero-order valence-electron chi connectivity index (χ0n) is 6.72. The fourth-order valence-electron chi connectivity index (χ4n) is 1.13. The largest absolute Gasteiger partial charge is 0.416 e. The number of pyridine rings is 1. The van der Waals surface area contributed by atoms with E-state index in [0.29, 0.717) is 9.99 Å². The van der Waals surface area contributed by atoms with Crippen LogP contribution >= 0.6 is 15.9 Å². The Bertz CT molecular complexity index is 475. The first-order valence-corrected chi connectivity index (χ1v) is 4.48. The van der Waals surface area contributed by atoms with E-state index < -0.39 is 11.7 Å². The molecule has 0 aliphatic heterocycles. The maximum atomic E-state index is 12.3. The van der Waals surface area contributed by atoms with Crippen molar-refractivity contribution < 1.29 is 13.2 Å². The minimum atomic E-state index is -4.31. The number of fused-ring (bicyclic) bond motifs is 1. The van der Waals surface area contributed by atoms with Crippen LogP contribution in [0.5, 0.6) is 0 Å². The lowest BCUT2D eigenvalue weighted by atomic mass is 10.2. The van der Waals surface area contributed by atoms with Gasteiger partial charge < -0.3 is 0 Å². The molecular formula is C8H4BrF3N2. The van der Waals surface area contributed by atoms with Gasteiger partial charge in [-0.2, -0.15) is 18.3 Å². The number of hydrogen-bond acceptors (Lipinski definition) is 1. The second-order valence-corrected chi connectivity index (χ2v) is 3.59. The summed E-state index contributed by atoms with van der Waals surface area (Å²) in [5.74, 6) is 0. The molecule has 14 heavy (non-hydrogen) atoms. The summed E-state index contributed by atoms with van der Waals surface area (Å²) >= 11 is 3.12. The average molecular weight is 265 g/mol. The average Bonchev–Trinajstić information content (AvgIpc) is 2.46. The minimum absolute atomic E-state index is 0.403. The van der Waals surface area contributed by atoms with Crippen molar-refractivity contribution in [3.05, 3.63) is 34.6 Å². The molecule has 6 heteroatoms. The lowest BCUT2D eigenvalue weighted by Crippen LogP contribution is -2.05. The Morgan fingerprint density at radius 1 is 1.36 bits per heavy atom. The van der Waals surface area contributed by atoms with E-state index in [1.165, 1.54) is 16.9 Å². The Morgan fingerprint density at radius 2 is 2.07 bits per heavy atom. The van der Waals surface area contributed by atoms with Crippen LogP contribution in [0.25, 0.3) is 5.52 Å². The first-order valence-electron chi connectivity index (χ1n) is 3.68. The van der Waals surface area contributed by atoms with Crippen LogP contribution in [0.3, 0.4) is 0 Å². The predicted molar refractivity (Wildman–Crippen MR) is 47.9 cm³/mol. The molecule has 0 saturated carbocycles. The van der Waals surface area contributed by atoms with Gasteiger partial charge in [0.25, 0.3) is 0 Å². The van der Waals surface area contributed by atoms with Gasteiger partial charge in [-0.25, -0.2) is 4.52 Å². The summed E-state index contributed by atoms with van der Waals surface area (Å²) in [4.78, 5) is 0. The number of alkyl halides is 3. The smallest absolute Gasteiger partial charge is 0.240 e. The van der Waals surface area contributed by atoms with E-state index in [9.17, 15) is 13.2 Å². The van der Waals surface area contributed by atoms with E-state index in [2.05, 4.69) is 21.0 Å². The van der Waals surface area contributed by atoms with E-state index in [0.717, 1.165) is 12.1 Å². The maximum absolute atomic E-state index is 12.3. The molecule has 2 rings (SSSR count). The normalized spacial score (nSPS) is 12.3. The molecule has 0 aromatic carbocycles. The highest BCUT2D eigenvalue weighted by Gasteiger charge is 2.30. The van der Waals surface area contributed by atoms with Gasteiger partial charge in [0, 0.05) is 6.20 Å². The van der Waals surface area contributed by atoms with Gasteiger partial charge in [-0.1, -0.05) is 0 Å². The topological polar surface area (TPSA) is 17.3 Å². The van der Waals surface area contributed by atoms with Crippen molar-refractivity contribution >= 4 is 21.4 Å². The van der Waals surface area contributed by atoms with E-state index in [4.69, 9.17) is 0 Å². The third-order valence-electron chi connectivity index (χ3n) is 1.80. The number of nitrogens with zero attached hydrogens (tertiary/aromatic N) is 2. The Morgan fingerprint density at radius 3 is 2.71 bits per heavy atom. The van der Waals surface area contributed by atoms with Gasteiger partial charge in [0.2, 0.25) is 0 Å². The molecule has 2 heterocycles. The quantitative estimate of drug-likeness (QED) is 0.715. The van der Waals surface area contributed by atoms with Crippen LogP contribution in [0, 0.1) is 0 Å². The van der Waals surface area contributed by atoms with Crippen LogP contribution in [0.15, 0.2) is 29.0 Å². The zero-order chi connectivity index (χ0) is 10.3. The minimum Gasteiger partial charge on any atom is -0.240 e. The van der Waals surface area contributed by atoms with Crippen molar-refractivity contribution in [2.75, 3.05) is 0 Å². The van der Waals surface area contributed by atoms with Crippen molar-refractivity contribution in [1.29, 1.82) is 0 Å². The summed E-state index contributed by atoms with van der Waals surface area (Å²) in [7, 11) is 0. The molecule has 0 aliphatic rings. The Hall–Kier alpha value is -1.04. The molecule has 0 aliphatic carbocycles. The van der Waals surface area contributed by atoms with Crippen LogP contribution in [0.4, 0.5) is 13.2 Å². The van der Waals surface area contributed by atoms with Gasteiger partial charge in [0.15, 0.2) is 0 Å². The molecule has 74 valence electrons. The predicted octanol–water partition coefficient (Wildman–Crippen LogP) is 3.12. The summed E-state index contributed by atoms with van der Waals surface area (Å²) in [6, 6.07) is 2.05. The van der Waals surface area contributed by atoms with Crippen LogP contribution in [0.2, 0.25) is 0 Å². The number of rotatable bonds is 0. The standard InChI is InChI=1S/C8H4BrF3N2/c9-6-4-13-14-2-1-5(3-7(6)14)8(10,11)12/h1-4H. The van der Waals surface area contributed by atoms with Gasteiger partial charge in [-0.15, -0.1) is 0 Å². The van der Waals surface area contributed by atoms with E-state index in [-0.39, 0.29) is 0 Å². The number of hydrogen-bond donors (Lipinski definition) is 0. The number of halogens is 4. The molecule has 0 fully saturated rings. The molecule has 2 nitrogen and oxygen atoms in total. The monoisotopic (exact) mass is 264 g/mol. The summed E-state index contributed by atoms with van der Waals surface area (Å²) in [6.45, 7) is 0. The van der Waals surface area contributed by atoms with E-state index in [1.807, 2.05) is 0 Å². The van der Waals surface area contributed by atoms with Gasteiger partial charge in [-0.3, -0.25) is 0 Å². The molecule has 0 spiro atoms. The van der Waals surface area contributed by atoms with Crippen LogP contribution in [-0.4, -0.2) is 9.61 Å². The molecule has 0 N–H and O–H groups in total. The molecule has 0 saturated heterocycles. The molecule has 0 atom stereocenters. The lowest BCUT2D eigenvalue weighted by Gasteiger charge is -2.06. The summed E-state index contributed by atoms with van der Waals surface area (Å²) in [5.41, 5.74) is -0.272. The SMILES string of the molecule is FC(F)(F)c1ccn2ncc(Br)c2c1. The van der Waals surface area contributed by atoms with Crippen LogP contribution in [0.1, 0.15) is 5.56 Å². The molecule has 0 radical (unpaired) electrons. The molecular weight excluding hydrogens is 261 g/mol. The second kappa shape index (κ2) is 2.98. The van der Waals surface area contributed by atoms with Crippen molar-refractivity contribution in [1.82, 2.24) is 9.61 Å². The fourth-order valence-corrected chi connectivity index (χ4v) is 1.51.